The fraction of sp³-hybridized carbons (Fsp3) is 0.590. The van der Waals surface area contributed by atoms with Crippen molar-refractivity contribution in [2.75, 3.05) is 68.7 Å². The average molecular weight is 735 g/mol. The standard InChI is InChI=1S/C39H54N6O6S/c1-39(2,3)51-38(49)40-31-13-17-44(18-14-31)52(50)35-8-4-6-32(25-35)43-21-19-41(20-22-43)26-29-11-15-42(16-12-29)33-9-10-36-30(24-33)27-45(37(36)48)34(28-47)7-5-23-46/h4,6,8-10,23-25,28-29,31,34H,5,7,11-22,26-27H2,1-3H3,(H,40,49). The van der Waals surface area contributed by atoms with Crippen LogP contribution in [0.5, 0.6) is 0 Å². The fourth-order valence-corrected chi connectivity index (χ4v) is 9.09. The number of benzene rings is 2. The number of aldehydes is 2. The fourth-order valence-electron chi connectivity index (χ4n) is 7.84. The van der Waals surface area contributed by atoms with E-state index in [0.717, 1.165) is 106 Å². The molecule has 0 aromatic heterocycles. The first-order valence-corrected chi connectivity index (χ1v) is 19.9. The molecule has 0 saturated carbocycles. The number of alkyl carbamates (subject to hydrolysis) is 1. The highest BCUT2D eigenvalue weighted by Gasteiger charge is 2.33. The topological polar surface area (TPSA) is 123 Å². The monoisotopic (exact) mass is 734 g/mol. The lowest BCUT2D eigenvalue weighted by Gasteiger charge is -2.40. The van der Waals surface area contributed by atoms with Gasteiger partial charge in [-0.2, -0.15) is 0 Å². The van der Waals surface area contributed by atoms with Crippen molar-refractivity contribution in [2.24, 2.45) is 5.92 Å². The molecule has 0 spiro atoms. The summed E-state index contributed by atoms with van der Waals surface area (Å²) in [6.45, 7) is 14.1. The van der Waals surface area contributed by atoms with E-state index in [9.17, 15) is 23.4 Å². The SMILES string of the molecule is CC(C)(C)OC(=O)NC1CCN(S(=O)c2cccc(N3CCN(CC4CCN(c5ccc6c(c5)CN(C(C=O)CCC=O)C6=O)CC4)CC3)c2)CC1. The van der Waals surface area contributed by atoms with Gasteiger partial charge in [0.05, 0.1) is 10.9 Å². The quantitative estimate of drug-likeness (QED) is 0.319. The Morgan fingerprint density at radius 1 is 0.923 bits per heavy atom. The molecule has 2 aromatic carbocycles. The maximum absolute atomic E-state index is 13.5. The van der Waals surface area contributed by atoms with Gasteiger partial charge in [0.15, 0.2) is 0 Å². The van der Waals surface area contributed by atoms with Crippen LogP contribution < -0.4 is 15.1 Å². The summed E-state index contributed by atoms with van der Waals surface area (Å²) in [6, 6.07) is 13.6. The summed E-state index contributed by atoms with van der Waals surface area (Å²) in [6.07, 6.45) is 5.49. The Labute approximate surface area is 310 Å². The van der Waals surface area contributed by atoms with E-state index in [1.807, 2.05) is 49.3 Å². The van der Waals surface area contributed by atoms with Gasteiger partial charge in [-0.1, -0.05) is 6.07 Å². The Bertz CT molecular complexity index is 1610. The van der Waals surface area contributed by atoms with Crippen LogP contribution in [0.3, 0.4) is 0 Å². The van der Waals surface area contributed by atoms with E-state index in [2.05, 4.69) is 38.2 Å². The molecule has 2 unspecified atom stereocenters. The van der Waals surface area contributed by atoms with Gasteiger partial charge in [-0.05, 0) is 101 Å². The number of piperidine rings is 2. The molecule has 0 radical (unpaired) electrons. The first kappa shape index (κ1) is 37.9. The number of nitrogens with zero attached hydrogens (tertiary/aromatic N) is 5. The van der Waals surface area contributed by atoms with Crippen molar-refractivity contribution in [3.63, 3.8) is 0 Å². The zero-order chi connectivity index (χ0) is 36.8. The van der Waals surface area contributed by atoms with Crippen LogP contribution >= 0.6 is 0 Å². The summed E-state index contributed by atoms with van der Waals surface area (Å²) in [5.74, 6) is 0.503. The van der Waals surface area contributed by atoms with Gasteiger partial charge in [0.25, 0.3) is 5.91 Å². The Morgan fingerprint density at radius 3 is 2.29 bits per heavy atom. The number of anilines is 2. The van der Waals surface area contributed by atoms with Crippen LogP contribution in [-0.4, -0.2) is 119 Å². The Morgan fingerprint density at radius 2 is 1.62 bits per heavy atom. The lowest BCUT2D eigenvalue weighted by atomic mass is 9.95. The number of ether oxygens (including phenoxy) is 1. The molecule has 2 atom stereocenters. The van der Waals surface area contributed by atoms with E-state index in [1.54, 1.807) is 4.90 Å². The van der Waals surface area contributed by atoms with Crippen LogP contribution in [0.15, 0.2) is 47.4 Å². The molecule has 2 aromatic rings. The van der Waals surface area contributed by atoms with Crippen molar-refractivity contribution in [1.82, 2.24) is 19.4 Å². The zero-order valence-corrected chi connectivity index (χ0v) is 31.7. The van der Waals surface area contributed by atoms with Crippen LogP contribution in [0.4, 0.5) is 16.2 Å². The number of rotatable bonds is 12. The van der Waals surface area contributed by atoms with Crippen LogP contribution in [0.25, 0.3) is 0 Å². The number of nitrogens with one attached hydrogen (secondary N) is 1. The molecule has 3 saturated heterocycles. The summed E-state index contributed by atoms with van der Waals surface area (Å²) in [7, 11) is -1.26. The van der Waals surface area contributed by atoms with E-state index >= 15 is 0 Å². The predicted molar refractivity (Wildman–Crippen MR) is 202 cm³/mol. The van der Waals surface area contributed by atoms with Gasteiger partial charge in [0.1, 0.15) is 29.2 Å². The van der Waals surface area contributed by atoms with E-state index in [0.29, 0.717) is 37.5 Å². The van der Waals surface area contributed by atoms with E-state index in [-0.39, 0.29) is 18.4 Å². The van der Waals surface area contributed by atoms with Crippen LogP contribution in [-0.2, 0) is 31.9 Å². The highest BCUT2D eigenvalue weighted by molar-refractivity contribution is 7.82. The maximum Gasteiger partial charge on any atom is 0.407 e. The Kier molecular flexibility index (Phi) is 12.3. The van der Waals surface area contributed by atoms with E-state index in [1.165, 1.54) is 0 Å². The first-order chi connectivity index (χ1) is 25.0. The molecule has 0 bridgehead atoms. The van der Waals surface area contributed by atoms with Crippen molar-refractivity contribution >= 4 is 46.9 Å². The highest BCUT2D eigenvalue weighted by Crippen LogP contribution is 2.32. The number of amides is 2. The molecule has 52 heavy (non-hydrogen) atoms. The van der Waals surface area contributed by atoms with Gasteiger partial charge < -0.3 is 34.3 Å². The number of hydrogen-bond donors (Lipinski definition) is 1. The van der Waals surface area contributed by atoms with Gasteiger partial charge >= 0.3 is 6.09 Å². The van der Waals surface area contributed by atoms with Crippen molar-refractivity contribution in [2.45, 2.75) is 88.4 Å². The second-order valence-corrected chi connectivity index (χ2v) is 17.0. The lowest BCUT2D eigenvalue weighted by molar-refractivity contribution is -0.112. The molecule has 0 aliphatic carbocycles. The van der Waals surface area contributed by atoms with Crippen molar-refractivity contribution < 1.29 is 28.1 Å². The van der Waals surface area contributed by atoms with E-state index in [4.69, 9.17) is 4.74 Å². The van der Waals surface area contributed by atoms with Crippen LogP contribution in [0, 0.1) is 5.92 Å². The Hall–Kier alpha value is -3.81. The average Bonchev–Trinajstić information content (AvgIpc) is 3.47. The summed E-state index contributed by atoms with van der Waals surface area (Å²) in [4.78, 5) is 57.4. The van der Waals surface area contributed by atoms with E-state index < -0.39 is 28.7 Å². The smallest absolute Gasteiger partial charge is 0.407 e. The molecule has 12 nitrogen and oxygen atoms in total. The molecule has 1 N–H and O–H groups in total. The first-order valence-electron chi connectivity index (χ1n) is 18.8. The van der Waals surface area contributed by atoms with Gasteiger partial charge in [-0.3, -0.25) is 9.69 Å². The molecule has 282 valence electrons. The van der Waals surface area contributed by atoms with Crippen LogP contribution in [0.2, 0.25) is 0 Å². The number of carbonyl (C=O) groups is 4. The normalized spacial score (nSPS) is 20.8. The molecule has 6 rings (SSSR count). The van der Waals surface area contributed by atoms with Crippen LogP contribution in [0.1, 0.15) is 75.2 Å². The minimum atomic E-state index is -1.26. The van der Waals surface area contributed by atoms with Crippen molar-refractivity contribution in [3.8, 4) is 0 Å². The third kappa shape index (κ3) is 9.40. The number of fused-ring (bicyclic) bond motifs is 1. The summed E-state index contributed by atoms with van der Waals surface area (Å²) in [5.41, 5.74) is 3.31. The molecule has 4 heterocycles. The molecule has 3 fully saturated rings. The second kappa shape index (κ2) is 16.9. The minimum absolute atomic E-state index is 0.0218. The zero-order valence-electron chi connectivity index (χ0n) is 30.8. The van der Waals surface area contributed by atoms with Crippen molar-refractivity contribution in [3.05, 3.63) is 53.6 Å². The van der Waals surface area contributed by atoms with Gasteiger partial charge in [-0.25, -0.2) is 13.3 Å². The second-order valence-electron chi connectivity index (χ2n) is 15.5. The van der Waals surface area contributed by atoms with Gasteiger partial charge in [0.2, 0.25) is 0 Å². The summed E-state index contributed by atoms with van der Waals surface area (Å²) >= 11 is 0. The summed E-state index contributed by atoms with van der Waals surface area (Å²) in [5, 5.41) is 2.96. The van der Waals surface area contributed by atoms with Gasteiger partial charge in [-0.15, -0.1) is 0 Å². The lowest BCUT2D eigenvalue weighted by Crippen LogP contribution is -2.49. The Balaban J connectivity index is 0.931. The minimum Gasteiger partial charge on any atom is -0.444 e. The summed E-state index contributed by atoms with van der Waals surface area (Å²) < 4.78 is 20.9. The predicted octanol–water partition coefficient (Wildman–Crippen LogP) is 4.24. The van der Waals surface area contributed by atoms with Crippen molar-refractivity contribution in [1.29, 1.82) is 0 Å². The molecule has 13 heteroatoms. The molecule has 4 aliphatic heterocycles. The maximum atomic E-state index is 13.5. The third-order valence-corrected chi connectivity index (χ3v) is 12.2. The molecule has 4 aliphatic rings. The van der Waals surface area contributed by atoms with Gasteiger partial charge in [0, 0.05) is 94.8 Å². The molecular formula is C39H54N6O6S. The molecule has 2 amide bonds. The highest BCUT2D eigenvalue weighted by atomic mass is 32.2. The number of piperazine rings is 1. The third-order valence-electron chi connectivity index (χ3n) is 10.7. The largest absolute Gasteiger partial charge is 0.444 e. The number of carbonyl (C=O) groups excluding carboxylic acids is 4. The number of hydrogen-bond acceptors (Lipinski definition) is 9. The molecular weight excluding hydrogens is 681 g/mol.